The second-order valence-corrected chi connectivity index (χ2v) is 10.4. The lowest BCUT2D eigenvalue weighted by Gasteiger charge is -2.06. The first-order valence-corrected chi connectivity index (χ1v) is 12.8. The lowest BCUT2D eigenvalue weighted by molar-refractivity contribution is 1.47. The summed E-state index contributed by atoms with van der Waals surface area (Å²) in [6.07, 6.45) is 0. The van der Waals surface area contributed by atoms with Gasteiger partial charge in [-0.05, 0) is 46.5 Å². The highest BCUT2D eigenvalue weighted by Gasteiger charge is 2.04. The largest absolute Gasteiger partial charge is 0.126 e. The third kappa shape index (κ3) is 5.15. The van der Waals surface area contributed by atoms with Crippen molar-refractivity contribution in [2.24, 2.45) is 0 Å². The number of benzene rings is 4. The molecule has 0 aliphatic heterocycles. The molecule has 0 aromatic heterocycles. The Morgan fingerprint density at radius 2 is 0.929 bits per heavy atom. The molecule has 0 saturated heterocycles. The fraction of sp³-hybridized carbons (Fsp3) is 0.167. The van der Waals surface area contributed by atoms with Crippen LogP contribution in [0.3, 0.4) is 0 Å². The maximum atomic E-state index is 3.60. The minimum absolute atomic E-state index is 1.11. The van der Waals surface area contributed by atoms with Crippen molar-refractivity contribution in [1.82, 2.24) is 0 Å². The molecule has 0 radical (unpaired) electrons. The van der Waals surface area contributed by atoms with Gasteiger partial charge in [0.1, 0.15) is 0 Å². The first-order valence-electron chi connectivity index (χ1n) is 9.25. The summed E-state index contributed by atoms with van der Waals surface area (Å²) < 4.78 is 2.37. The molecule has 4 rings (SSSR count). The number of thioether (sulfide) groups is 2. The van der Waals surface area contributed by atoms with E-state index in [-0.39, 0.29) is 0 Å². The van der Waals surface area contributed by atoms with Gasteiger partial charge in [-0.3, -0.25) is 0 Å². The highest BCUT2D eigenvalue weighted by Crippen LogP contribution is 2.34. The monoisotopic (exact) mass is 532 g/mol. The van der Waals surface area contributed by atoms with Crippen LogP contribution in [0.1, 0.15) is 13.8 Å². The van der Waals surface area contributed by atoms with Crippen LogP contribution in [-0.2, 0) is 0 Å². The van der Waals surface area contributed by atoms with E-state index in [1.165, 1.54) is 40.3 Å². The highest BCUT2D eigenvalue weighted by atomic mass is 79.9. The zero-order chi connectivity index (χ0) is 19.9. The van der Waals surface area contributed by atoms with E-state index in [1.807, 2.05) is 23.5 Å². The molecule has 0 aliphatic carbocycles. The van der Waals surface area contributed by atoms with Crippen LogP contribution in [0.2, 0.25) is 0 Å². The average Bonchev–Trinajstić information content (AvgIpc) is 2.70. The SMILES string of the molecule is CCSc1cccc2cccc(Br)c12.CCSc1cccc2cccc(Br)c12. The van der Waals surface area contributed by atoms with Crippen molar-refractivity contribution in [2.45, 2.75) is 23.6 Å². The van der Waals surface area contributed by atoms with Crippen LogP contribution in [0.25, 0.3) is 21.5 Å². The fourth-order valence-electron chi connectivity index (χ4n) is 3.08. The van der Waals surface area contributed by atoms with E-state index in [2.05, 4.69) is 119 Å². The summed E-state index contributed by atoms with van der Waals surface area (Å²) in [4.78, 5) is 2.72. The number of hydrogen-bond acceptors (Lipinski definition) is 2. The molecule has 0 N–H and O–H groups in total. The van der Waals surface area contributed by atoms with E-state index in [1.54, 1.807) is 0 Å². The van der Waals surface area contributed by atoms with Crippen molar-refractivity contribution in [2.75, 3.05) is 11.5 Å². The lowest BCUT2D eigenvalue weighted by atomic mass is 10.1. The van der Waals surface area contributed by atoms with E-state index in [9.17, 15) is 0 Å². The second-order valence-electron chi connectivity index (χ2n) is 6.05. The number of rotatable bonds is 4. The van der Waals surface area contributed by atoms with Gasteiger partial charge >= 0.3 is 0 Å². The molecule has 0 nitrogen and oxygen atoms in total. The topological polar surface area (TPSA) is 0 Å². The molecule has 0 spiro atoms. The molecule has 0 atom stereocenters. The minimum atomic E-state index is 1.11. The molecular weight excluding hydrogens is 512 g/mol. The van der Waals surface area contributed by atoms with Crippen molar-refractivity contribution >= 4 is 76.9 Å². The Balaban J connectivity index is 0.000000161. The summed E-state index contributed by atoms with van der Waals surface area (Å²) >= 11 is 11.0. The Morgan fingerprint density at radius 1 is 0.571 bits per heavy atom. The summed E-state index contributed by atoms with van der Waals surface area (Å²) in [6, 6.07) is 25.6. The van der Waals surface area contributed by atoms with Crippen LogP contribution in [0.15, 0.2) is 91.5 Å². The smallest absolute Gasteiger partial charge is 0.0264 e. The van der Waals surface area contributed by atoms with Gasteiger partial charge in [-0.15, -0.1) is 23.5 Å². The molecule has 28 heavy (non-hydrogen) atoms. The summed E-state index contributed by atoms with van der Waals surface area (Å²) in [7, 11) is 0. The Labute approximate surface area is 192 Å². The van der Waals surface area contributed by atoms with Gasteiger partial charge < -0.3 is 0 Å². The van der Waals surface area contributed by atoms with E-state index < -0.39 is 0 Å². The highest BCUT2D eigenvalue weighted by molar-refractivity contribution is 9.11. The van der Waals surface area contributed by atoms with Gasteiger partial charge in [0.25, 0.3) is 0 Å². The first kappa shape index (κ1) is 21.8. The van der Waals surface area contributed by atoms with Crippen LogP contribution in [-0.4, -0.2) is 11.5 Å². The van der Waals surface area contributed by atoms with Crippen molar-refractivity contribution in [3.63, 3.8) is 0 Å². The molecule has 0 fully saturated rings. The van der Waals surface area contributed by atoms with Gasteiger partial charge in [0.2, 0.25) is 0 Å². The summed E-state index contributed by atoms with van der Waals surface area (Å²) in [5.74, 6) is 2.22. The normalized spacial score (nSPS) is 10.7. The molecule has 4 aromatic rings. The third-order valence-corrected chi connectivity index (χ3v) is 7.43. The predicted octanol–water partition coefficient (Wildman–Crippen LogP) is 9.43. The average molecular weight is 534 g/mol. The van der Waals surface area contributed by atoms with Gasteiger partial charge in [-0.25, -0.2) is 0 Å². The Bertz CT molecular complexity index is 979. The Hall–Kier alpha value is -0.940. The second kappa shape index (κ2) is 10.7. The standard InChI is InChI=1S/2C12H11BrS/c2*1-2-14-11-8-4-6-9-5-3-7-10(13)12(9)11/h2*3-8H,2H2,1H3. The third-order valence-electron chi connectivity index (χ3n) is 4.23. The van der Waals surface area contributed by atoms with Crippen molar-refractivity contribution in [3.8, 4) is 0 Å². The van der Waals surface area contributed by atoms with Gasteiger partial charge in [0.05, 0.1) is 0 Å². The van der Waals surface area contributed by atoms with E-state index in [0.717, 1.165) is 11.5 Å². The van der Waals surface area contributed by atoms with E-state index >= 15 is 0 Å². The van der Waals surface area contributed by atoms with Crippen molar-refractivity contribution in [1.29, 1.82) is 0 Å². The van der Waals surface area contributed by atoms with E-state index in [0.29, 0.717) is 0 Å². The van der Waals surface area contributed by atoms with Crippen molar-refractivity contribution in [3.05, 3.63) is 81.7 Å². The Morgan fingerprint density at radius 3 is 1.29 bits per heavy atom. The maximum absolute atomic E-state index is 3.60. The molecule has 4 heteroatoms. The van der Waals surface area contributed by atoms with Crippen molar-refractivity contribution < 1.29 is 0 Å². The Kier molecular flexibility index (Phi) is 8.34. The fourth-order valence-corrected chi connectivity index (χ4v) is 6.24. The van der Waals surface area contributed by atoms with Gasteiger partial charge in [0.15, 0.2) is 0 Å². The van der Waals surface area contributed by atoms with Crippen LogP contribution in [0.4, 0.5) is 0 Å². The predicted molar refractivity (Wildman–Crippen MR) is 136 cm³/mol. The molecule has 0 aliphatic rings. The molecule has 0 saturated carbocycles. The number of hydrogen-bond donors (Lipinski definition) is 0. The van der Waals surface area contributed by atoms with Crippen LogP contribution < -0.4 is 0 Å². The quantitative estimate of drug-likeness (QED) is 0.239. The minimum Gasteiger partial charge on any atom is -0.126 e. The van der Waals surface area contributed by atoms with Gasteiger partial charge in [0, 0.05) is 29.5 Å². The lowest BCUT2D eigenvalue weighted by Crippen LogP contribution is -1.79. The first-order chi connectivity index (χ1) is 13.7. The molecule has 0 amide bonds. The zero-order valence-corrected chi connectivity index (χ0v) is 20.7. The molecule has 144 valence electrons. The molecule has 0 heterocycles. The molecule has 0 unspecified atom stereocenters. The van der Waals surface area contributed by atoms with Gasteiger partial charge in [-0.1, -0.05) is 94.2 Å². The van der Waals surface area contributed by atoms with E-state index in [4.69, 9.17) is 0 Å². The molecule has 4 aromatic carbocycles. The summed E-state index contributed by atoms with van der Waals surface area (Å²) in [6.45, 7) is 4.36. The molecule has 0 bridgehead atoms. The molecular formula is C24H22Br2S2. The number of halogens is 2. The summed E-state index contributed by atoms with van der Waals surface area (Å²) in [5.41, 5.74) is 0. The number of fused-ring (bicyclic) bond motifs is 2. The van der Waals surface area contributed by atoms with Gasteiger partial charge in [-0.2, -0.15) is 0 Å². The zero-order valence-electron chi connectivity index (χ0n) is 15.9. The van der Waals surface area contributed by atoms with Crippen LogP contribution in [0.5, 0.6) is 0 Å². The maximum Gasteiger partial charge on any atom is 0.0264 e. The summed E-state index contributed by atoms with van der Waals surface area (Å²) in [5, 5.41) is 5.28. The van der Waals surface area contributed by atoms with Crippen LogP contribution in [0, 0.1) is 0 Å². The van der Waals surface area contributed by atoms with Crippen LogP contribution >= 0.6 is 55.4 Å².